The molecule has 0 heterocycles. The average Bonchev–Trinajstić information content (AvgIpc) is 3.17. The maximum atomic E-state index is 2.78. The van der Waals surface area contributed by atoms with Gasteiger partial charge in [-0.25, -0.2) is 0 Å². The van der Waals surface area contributed by atoms with E-state index in [1.54, 1.807) is 51.9 Å². The Morgan fingerprint density at radius 2 is 0.500 bits per heavy atom. The summed E-state index contributed by atoms with van der Waals surface area (Å²) in [5.41, 5.74) is 6.07. The third-order valence-electron chi connectivity index (χ3n) is 12.1. The molecule has 0 aliphatic carbocycles. The van der Waals surface area contributed by atoms with E-state index in [2.05, 4.69) is 200 Å². The quantitative estimate of drug-likeness (QED) is 0.101. The van der Waals surface area contributed by atoms with E-state index in [9.17, 15) is 0 Å². The Morgan fingerprint density at radius 3 is 0.643 bits per heavy atom. The van der Waals surface area contributed by atoms with Gasteiger partial charge < -0.3 is 37.2 Å². The summed E-state index contributed by atoms with van der Waals surface area (Å²) in [4.78, 5) is 0. The van der Waals surface area contributed by atoms with Crippen LogP contribution in [0.15, 0.2) is 54.6 Å². The molecule has 56 heavy (non-hydrogen) atoms. The third-order valence-corrected chi connectivity index (χ3v) is 29.2. The van der Waals surface area contributed by atoms with Gasteiger partial charge in [-0.15, -0.1) is 0 Å². The van der Waals surface area contributed by atoms with E-state index >= 15 is 0 Å². The molecule has 0 fully saturated rings. The molecule has 308 valence electrons. The Morgan fingerprint density at radius 1 is 0.321 bits per heavy atom. The summed E-state index contributed by atoms with van der Waals surface area (Å²) in [6, 6.07) is 24.7. The van der Waals surface area contributed by atoms with Crippen LogP contribution < -0.4 is 89.1 Å². The molecule has 0 bridgehead atoms. The van der Waals surface area contributed by atoms with Crippen LogP contribution in [0.2, 0.25) is 118 Å². The fourth-order valence-corrected chi connectivity index (χ4v) is 21.8. The molecular weight excluding hydrogens is 891 g/mol. The summed E-state index contributed by atoms with van der Waals surface area (Å²) in [5, 5.41) is 16.4. The number of halogens is 3. The average molecular weight is 967 g/mol. The van der Waals surface area contributed by atoms with Crippen LogP contribution in [-0.4, -0.2) is 56.5 Å². The number of benzene rings is 3. The molecule has 0 unspecified atom stereocenters. The summed E-state index contributed by atoms with van der Waals surface area (Å²) in [6.45, 7) is 56.0. The fourth-order valence-electron chi connectivity index (χ4n) is 7.84. The smallest absolute Gasteiger partial charge is 1.00 e. The SMILES string of the molecule is Cc1c(C)c([Si](c2cc([Si](C)(C)C)cc([Si](C)(C)C)c2)(c2cc([Si](C)(C)C)cc([Si](C)(C)C)c2)c2cc([Si](C)(C)C)cc([Si](C)(C)C)c2)[c-](C)c1C.[Cl-].[Cl-].[Cl-].[Ti+4]. The van der Waals surface area contributed by atoms with Crippen LogP contribution in [0.4, 0.5) is 0 Å². The molecule has 0 nitrogen and oxygen atoms in total. The topological polar surface area (TPSA) is 0 Å². The molecule has 0 aliphatic heterocycles. The first-order valence-electron chi connectivity index (χ1n) is 19.9. The molecule has 4 aromatic rings. The van der Waals surface area contributed by atoms with E-state index in [0.29, 0.717) is 0 Å². The van der Waals surface area contributed by atoms with E-state index < -0.39 is 56.5 Å². The molecule has 0 aromatic heterocycles. The zero-order chi connectivity index (χ0) is 39.9. The molecule has 0 N–H and O–H groups in total. The van der Waals surface area contributed by atoms with Gasteiger partial charge in [-0.2, -0.15) is 27.4 Å². The van der Waals surface area contributed by atoms with E-state index in [1.807, 2.05) is 0 Å². The molecule has 0 saturated carbocycles. The molecule has 0 aliphatic rings. The number of hydrogen-bond acceptors (Lipinski definition) is 0. The molecule has 0 amide bonds. The van der Waals surface area contributed by atoms with Crippen molar-refractivity contribution in [1.82, 2.24) is 0 Å². The van der Waals surface area contributed by atoms with Gasteiger partial charge in [0.05, 0.1) is 48.4 Å². The van der Waals surface area contributed by atoms with Crippen molar-refractivity contribution < 1.29 is 58.9 Å². The molecule has 0 spiro atoms. The first kappa shape index (κ1) is 56.1. The maximum Gasteiger partial charge on any atom is 4.00 e. The first-order valence-corrected chi connectivity index (χ1v) is 42.9. The Labute approximate surface area is 386 Å². The van der Waals surface area contributed by atoms with Gasteiger partial charge in [0, 0.05) is 0 Å². The summed E-state index contributed by atoms with van der Waals surface area (Å²) < 4.78 is 0. The molecular formula is C45H75Cl3Si7Ti. The van der Waals surface area contributed by atoms with Crippen molar-refractivity contribution in [2.24, 2.45) is 0 Å². The first-order chi connectivity index (χ1) is 23.2. The van der Waals surface area contributed by atoms with Crippen LogP contribution in [0, 0.1) is 27.7 Å². The van der Waals surface area contributed by atoms with Crippen LogP contribution in [0.1, 0.15) is 22.3 Å². The van der Waals surface area contributed by atoms with Crippen molar-refractivity contribution in [1.29, 1.82) is 0 Å². The summed E-state index contributed by atoms with van der Waals surface area (Å²) >= 11 is 0. The van der Waals surface area contributed by atoms with Crippen molar-refractivity contribution >= 4 is 108 Å². The standard InChI is InChI=1S/C45H75Si7.3ClH.Ti/c1-32-33(2)35(4)45(34(32)3)52(42-26-36(46(5,6)7)23-37(27-42)47(8,9)10,43-28-38(48(11,12)13)24-39(29-43)49(14,15)16)44-30-40(50(17,18)19)25-41(31-44)51(20,21)22;;;;/h23-31H,1-22H3;3*1H;/q-1;;;;+4/p-3. The van der Waals surface area contributed by atoms with Gasteiger partial charge in [0.1, 0.15) is 0 Å². The van der Waals surface area contributed by atoms with Crippen molar-refractivity contribution in [3.63, 3.8) is 0 Å². The molecule has 0 atom stereocenters. The third kappa shape index (κ3) is 11.3. The van der Waals surface area contributed by atoms with Crippen LogP contribution in [-0.2, 0) is 21.7 Å². The summed E-state index contributed by atoms with van der Waals surface area (Å²) in [7, 11) is -13.0. The number of hydrogen-bond donors (Lipinski definition) is 0. The predicted octanol–water partition coefficient (Wildman–Crippen LogP) is -1.70. The largest absolute Gasteiger partial charge is 4.00 e. The van der Waals surface area contributed by atoms with E-state index in [-0.39, 0.29) is 58.9 Å². The van der Waals surface area contributed by atoms with Gasteiger partial charge >= 0.3 is 21.7 Å². The predicted molar refractivity (Wildman–Crippen MR) is 262 cm³/mol. The molecule has 11 heteroatoms. The van der Waals surface area contributed by atoms with E-state index in [0.717, 1.165) is 0 Å². The van der Waals surface area contributed by atoms with Gasteiger partial charge in [0.25, 0.3) is 0 Å². The molecule has 4 aromatic carbocycles. The summed E-state index contributed by atoms with van der Waals surface area (Å²) in [6.07, 6.45) is 0. The van der Waals surface area contributed by atoms with Crippen LogP contribution in [0.3, 0.4) is 0 Å². The molecule has 4 rings (SSSR count). The van der Waals surface area contributed by atoms with Crippen LogP contribution in [0.25, 0.3) is 0 Å². The van der Waals surface area contributed by atoms with Gasteiger partial charge in [-0.1, -0.05) is 231 Å². The second kappa shape index (κ2) is 18.6. The maximum absolute atomic E-state index is 2.93. The van der Waals surface area contributed by atoms with Crippen molar-refractivity contribution in [3.8, 4) is 0 Å². The van der Waals surface area contributed by atoms with E-state index in [1.165, 1.54) is 22.3 Å². The Bertz CT molecular complexity index is 1690. The minimum absolute atomic E-state index is 0. The number of rotatable bonds is 10. The van der Waals surface area contributed by atoms with Gasteiger partial charge in [0.2, 0.25) is 0 Å². The molecule has 0 saturated heterocycles. The second-order valence-electron chi connectivity index (χ2n) is 22.5. The Hall–Kier alpha value is 0.112. The fraction of sp³-hybridized carbons (Fsp3) is 0.489. The van der Waals surface area contributed by atoms with Gasteiger partial charge in [0.15, 0.2) is 8.07 Å². The monoisotopic (exact) mass is 964 g/mol. The zero-order valence-electron chi connectivity index (χ0n) is 39.3. The zero-order valence-corrected chi connectivity index (χ0v) is 50.2. The molecule has 0 radical (unpaired) electrons. The van der Waals surface area contributed by atoms with Gasteiger partial charge in [-0.05, 0) is 15.6 Å². The van der Waals surface area contributed by atoms with Crippen LogP contribution >= 0.6 is 0 Å². The minimum Gasteiger partial charge on any atom is -1.00 e. The minimum atomic E-state index is -2.93. The van der Waals surface area contributed by atoms with Gasteiger partial charge in [-0.3, -0.25) is 0 Å². The Kier molecular flexibility index (Phi) is 18.7. The normalized spacial score (nSPS) is 13.0. The second-order valence-corrected chi connectivity index (χ2v) is 56.7. The van der Waals surface area contributed by atoms with Crippen molar-refractivity contribution in [3.05, 3.63) is 76.9 Å². The van der Waals surface area contributed by atoms with Crippen molar-refractivity contribution in [2.75, 3.05) is 0 Å². The Balaban J connectivity index is 0.00000756. The van der Waals surface area contributed by atoms with E-state index in [4.69, 9.17) is 0 Å². The summed E-state index contributed by atoms with van der Waals surface area (Å²) in [5.74, 6) is 0. The van der Waals surface area contributed by atoms with Crippen LogP contribution in [0.5, 0.6) is 0 Å². The van der Waals surface area contributed by atoms with Crippen molar-refractivity contribution in [2.45, 2.75) is 146 Å².